The number of hydrogen-bond donors (Lipinski definition) is 0. The Bertz CT molecular complexity index is 624. The van der Waals surface area contributed by atoms with Crippen LogP contribution in [0.3, 0.4) is 0 Å². The fourth-order valence-corrected chi connectivity index (χ4v) is 2.75. The van der Waals surface area contributed by atoms with Gasteiger partial charge in [-0.15, -0.1) is 0 Å². The lowest BCUT2D eigenvalue weighted by Gasteiger charge is -2.34. The van der Waals surface area contributed by atoms with E-state index < -0.39 is 0 Å². The molecule has 2 heterocycles. The molecule has 0 amide bonds. The van der Waals surface area contributed by atoms with E-state index in [1.165, 1.54) is 0 Å². The van der Waals surface area contributed by atoms with Gasteiger partial charge in [0.15, 0.2) is 5.78 Å². The molecular formula is C16H17BrN4O. The summed E-state index contributed by atoms with van der Waals surface area (Å²) < 4.78 is 0.987. The van der Waals surface area contributed by atoms with Crippen LogP contribution in [0.25, 0.3) is 0 Å². The van der Waals surface area contributed by atoms with Gasteiger partial charge in [-0.05, 0) is 18.2 Å². The molecule has 0 radical (unpaired) electrons. The number of ketones is 1. The van der Waals surface area contributed by atoms with Crippen molar-refractivity contribution in [3.8, 4) is 0 Å². The molecule has 1 saturated heterocycles. The lowest BCUT2D eigenvalue weighted by atomic mass is 10.1. The molecule has 114 valence electrons. The smallest absolute Gasteiger partial charge is 0.225 e. The second kappa shape index (κ2) is 6.98. The molecular weight excluding hydrogens is 344 g/mol. The van der Waals surface area contributed by atoms with Crippen LogP contribution in [0.1, 0.15) is 10.4 Å². The van der Waals surface area contributed by atoms with Crippen molar-refractivity contribution in [3.05, 3.63) is 52.8 Å². The van der Waals surface area contributed by atoms with Crippen LogP contribution in [0.2, 0.25) is 0 Å². The van der Waals surface area contributed by atoms with Crippen LogP contribution in [0, 0.1) is 0 Å². The number of aromatic nitrogens is 2. The first-order valence-corrected chi connectivity index (χ1v) is 8.05. The maximum absolute atomic E-state index is 12.3. The van der Waals surface area contributed by atoms with E-state index in [1.807, 2.05) is 30.3 Å². The Morgan fingerprint density at radius 3 is 2.32 bits per heavy atom. The standard InChI is InChI=1S/C16H17BrN4O/c17-14-4-2-13(3-5-14)15(22)12-20-8-10-21(11-9-20)16-18-6-1-7-19-16/h1-7H,8-12H2. The molecule has 0 aliphatic carbocycles. The summed E-state index contributed by atoms with van der Waals surface area (Å²) in [5.41, 5.74) is 0.761. The van der Waals surface area contributed by atoms with Gasteiger partial charge >= 0.3 is 0 Å². The zero-order valence-electron chi connectivity index (χ0n) is 12.2. The predicted octanol–water partition coefficient (Wildman–Crippen LogP) is 2.24. The van der Waals surface area contributed by atoms with E-state index in [9.17, 15) is 4.79 Å². The third-order valence-electron chi connectivity index (χ3n) is 3.74. The maximum Gasteiger partial charge on any atom is 0.225 e. The molecule has 1 fully saturated rings. The van der Waals surface area contributed by atoms with Crippen molar-refractivity contribution in [2.45, 2.75) is 0 Å². The van der Waals surface area contributed by atoms with E-state index in [0.29, 0.717) is 6.54 Å². The normalized spacial score (nSPS) is 15.8. The van der Waals surface area contributed by atoms with E-state index >= 15 is 0 Å². The molecule has 2 aromatic rings. The van der Waals surface area contributed by atoms with Gasteiger partial charge in [-0.25, -0.2) is 9.97 Å². The Hall–Kier alpha value is -1.79. The Morgan fingerprint density at radius 1 is 1.05 bits per heavy atom. The molecule has 0 bridgehead atoms. The summed E-state index contributed by atoms with van der Waals surface area (Å²) in [4.78, 5) is 25.2. The van der Waals surface area contributed by atoms with Gasteiger partial charge in [0.05, 0.1) is 6.54 Å². The largest absolute Gasteiger partial charge is 0.338 e. The molecule has 1 aliphatic heterocycles. The number of halogens is 1. The number of piperazine rings is 1. The summed E-state index contributed by atoms with van der Waals surface area (Å²) in [5.74, 6) is 0.929. The van der Waals surface area contributed by atoms with Crippen LogP contribution in [0.4, 0.5) is 5.95 Å². The Morgan fingerprint density at radius 2 is 1.68 bits per heavy atom. The maximum atomic E-state index is 12.3. The second-order valence-corrected chi connectivity index (χ2v) is 6.16. The SMILES string of the molecule is O=C(CN1CCN(c2ncccn2)CC1)c1ccc(Br)cc1. The zero-order chi connectivity index (χ0) is 15.4. The van der Waals surface area contributed by atoms with E-state index in [-0.39, 0.29) is 5.78 Å². The first-order valence-electron chi connectivity index (χ1n) is 7.25. The minimum absolute atomic E-state index is 0.164. The molecule has 0 unspecified atom stereocenters. The molecule has 0 N–H and O–H groups in total. The van der Waals surface area contributed by atoms with Crippen molar-refractivity contribution in [1.82, 2.24) is 14.9 Å². The highest BCUT2D eigenvalue weighted by Crippen LogP contribution is 2.13. The third kappa shape index (κ3) is 3.69. The summed E-state index contributed by atoms with van der Waals surface area (Å²) in [5, 5.41) is 0. The predicted molar refractivity (Wildman–Crippen MR) is 89.2 cm³/mol. The van der Waals surface area contributed by atoms with Crippen LogP contribution in [-0.4, -0.2) is 53.4 Å². The van der Waals surface area contributed by atoms with Gasteiger partial charge in [0.25, 0.3) is 0 Å². The summed E-state index contributed by atoms with van der Waals surface area (Å²) in [6.07, 6.45) is 3.51. The van der Waals surface area contributed by atoms with Crippen LogP contribution in [-0.2, 0) is 0 Å². The van der Waals surface area contributed by atoms with Crippen molar-refractivity contribution in [2.75, 3.05) is 37.6 Å². The third-order valence-corrected chi connectivity index (χ3v) is 4.27. The lowest BCUT2D eigenvalue weighted by molar-refractivity contribution is 0.0926. The van der Waals surface area contributed by atoms with Gasteiger partial charge in [-0.3, -0.25) is 9.69 Å². The van der Waals surface area contributed by atoms with Crippen molar-refractivity contribution in [1.29, 1.82) is 0 Å². The summed E-state index contributed by atoms with van der Waals surface area (Å²) in [7, 11) is 0. The first kappa shape index (κ1) is 15.1. The highest BCUT2D eigenvalue weighted by atomic mass is 79.9. The van der Waals surface area contributed by atoms with Crippen molar-refractivity contribution in [2.24, 2.45) is 0 Å². The molecule has 22 heavy (non-hydrogen) atoms. The van der Waals surface area contributed by atoms with Gasteiger partial charge in [0.1, 0.15) is 0 Å². The van der Waals surface area contributed by atoms with E-state index in [0.717, 1.165) is 42.2 Å². The summed E-state index contributed by atoms with van der Waals surface area (Å²) in [6, 6.07) is 9.34. The van der Waals surface area contributed by atoms with Gasteiger partial charge in [0, 0.05) is 48.6 Å². The quantitative estimate of drug-likeness (QED) is 0.782. The minimum atomic E-state index is 0.164. The van der Waals surface area contributed by atoms with Crippen LogP contribution >= 0.6 is 15.9 Å². The fourth-order valence-electron chi connectivity index (χ4n) is 2.49. The average Bonchev–Trinajstić information content (AvgIpc) is 2.57. The topological polar surface area (TPSA) is 49.3 Å². The first-order chi connectivity index (χ1) is 10.7. The van der Waals surface area contributed by atoms with Crippen molar-refractivity contribution >= 4 is 27.7 Å². The number of Topliss-reactive ketones (excluding diaryl/α,β-unsaturated/α-hetero) is 1. The van der Waals surface area contributed by atoms with Crippen LogP contribution < -0.4 is 4.90 Å². The Kier molecular flexibility index (Phi) is 4.80. The van der Waals surface area contributed by atoms with Crippen LogP contribution in [0.15, 0.2) is 47.2 Å². The number of carbonyl (C=O) groups is 1. The highest BCUT2D eigenvalue weighted by Gasteiger charge is 2.20. The van der Waals surface area contributed by atoms with Crippen molar-refractivity contribution < 1.29 is 4.79 Å². The fraction of sp³-hybridized carbons (Fsp3) is 0.312. The molecule has 0 atom stereocenters. The Labute approximate surface area is 138 Å². The van der Waals surface area contributed by atoms with E-state index in [4.69, 9.17) is 0 Å². The van der Waals surface area contributed by atoms with E-state index in [2.05, 4.69) is 35.7 Å². The molecule has 1 aromatic heterocycles. The molecule has 1 aromatic carbocycles. The average molecular weight is 361 g/mol. The van der Waals surface area contributed by atoms with Gasteiger partial charge in [-0.1, -0.05) is 28.1 Å². The van der Waals surface area contributed by atoms with Gasteiger partial charge in [0.2, 0.25) is 5.95 Å². The van der Waals surface area contributed by atoms with Gasteiger partial charge in [-0.2, -0.15) is 0 Å². The number of rotatable bonds is 4. The van der Waals surface area contributed by atoms with Gasteiger partial charge < -0.3 is 4.90 Å². The molecule has 1 aliphatic rings. The number of nitrogens with zero attached hydrogens (tertiary/aromatic N) is 4. The molecule has 0 saturated carbocycles. The summed E-state index contributed by atoms with van der Waals surface area (Å²) >= 11 is 3.38. The molecule has 6 heteroatoms. The molecule has 0 spiro atoms. The lowest BCUT2D eigenvalue weighted by Crippen LogP contribution is -2.48. The Balaban J connectivity index is 1.53. The number of benzene rings is 1. The number of anilines is 1. The molecule has 3 rings (SSSR count). The monoisotopic (exact) mass is 360 g/mol. The van der Waals surface area contributed by atoms with Crippen molar-refractivity contribution in [3.63, 3.8) is 0 Å². The highest BCUT2D eigenvalue weighted by molar-refractivity contribution is 9.10. The number of carbonyl (C=O) groups excluding carboxylic acids is 1. The second-order valence-electron chi connectivity index (χ2n) is 5.24. The van der Waals surface area contributed by atoms with E-state index in [1.54, 1.807) is 12.4 Å². The van der Waals surface area contributed by atoms with Crippen LogP contribution in [0.5, 0.6) is 0 Å². The summed E-state index contributed by atoms with van der Waals surface area (Å²) in [6.45, 7) is 3.85. The number of hydrogen-bond acceptors (Lipinski definition) is 5. The molecule has 5 nitrogen and oxygen atoms in total. The minimum Gasteiger partial charge on any atom is -0.338 e. The zero-order valence-corrected chi connectivity index (χ0v) is 13.7.